The first-order chi connectivity index (χ1) is 7.98. The van der Waals surface area contributed by atoms with Crippen LogP contribution in [0.3, 0.4) is 0 Å². The first kappa shape index (κ1) is 12.2. The Bertz CT molecular complexity index is 432. The topological polar surface area (TPSA) is 20.3 Å². The summed E-state index contributed by atoms with van der Waals surface area (Å²) in [6, 6.07) is 7.31. The lowest BCUT2D eigenvalue weighted by Crippen LogP contribution is -2.29. The second-order valence-corrected chi connectivity index (χ2v) is 5.07. The minimum Gasteiger partial charge on any atom is -0.303 e. The van der Waals surface area contributed by atoms with Crippen LogP contribution in [0.2, 0.25) is 0 Å². The van der Waals surface area contributed by atoms with Gasteiger partial charge >= 0.3 is 0 Å². The molecule has 1 aromatic rings. The predicted octanol–water partition coefficient (Wildman–Crippen LogP) is 2.48. The van der Waals surface area contributed by atoms with Crippen LogP contribution in [0.5, 0.6) is 0 Å². The number of ketones is 1. The quantitative estimate of drug-likeness (QED) is 0.750. The van der Waals surface area contributed by atoms with E-state index in [9.17, 15) is 9.18 Å². The van der Waals surface area contributed by atoms with Crippen LogP contribution in [0, 0.1) is 0 Å². The van der Waals surface area contributed by atoms with Crippen molar-refractivity contribution in [1.82, 2.24) is 4.90 Å². The maximum absolute atomic E-state index is 14.5. The zero-order valence-corrected chi connectivity index (χ0v) is 10.4. The first-order valence-corrected chi connectivity index (χ1v) is 5.96. The van der Waals surface area contributed by atoms with Gasteiger partial charge in [0.05, 0.1) is 0 Å². The lowest BCUT2D eigenvalue weighted by Gasteiger charge is -2.19. The average molecular weight is 235 g/mol. The fourth-order valence-electron chi connectivity index (χ4n) is 2.44. The largest absolute Gasteiger partial charge is 0.303 e. The molecule has 1 atom stereocenters. The molecule has 1 aliphatic rings. The molecule has 1 fully saturated rings. The van der Waals surface area contributed by atoms with Gasteiger partial charge in [-0.15, -0.1) is 0 Å². The van der Waals surface area contributed by atoms with Crippen molar-refractivity contribution in [2.45, 2.75) is 25.4 Å². The molecule has 0 radical (unpaired) electrons. The van der Waals surface area contributed by atoms with Crippen LogP contribution in [-0.4, -0.2) is 36.5 Å². The highest BCUT2D eigenvalue weighted by Gasteiger charge is 2.36. The first-order valence-electron chi connectivity index (χ1n) is 5.96. The predicted molar refractivity (Wildman–Crippen MR) is 66.1 cm³/mol. The molecule has 1 unspecified atom stereocenters. The third-order valence-electron chi connectivity index (χ3n) is 3.35. The number of halogens is 1. The highest BCUT2D eigenvalue weighted by atomic mass is 19.1. The lowest BCUT2D eigenvalue weighted by molar-refractivity contribution is 0.101. The van der Waals surface area contributed by atoms with Gasteiger partial charge in [0.15, 0.2) is 5.78 Å². The van der Waals surface area contributed by atoms with Gasteiger partial charge in [-0.25, -0.2) is 4.39 Å². The van der Waals surface area contributed by atoms with Crippen molar-refractivity contribution in [2.75, 3.05) is 20.1 Å². The number of nitrogens with zero attached hydrogens (tertiary/aromatic N) is 1. The molecular formula is C14H18FNO. The van der Waals surface area contributed by atoms with E-state index in [-0.39, 0.29) is 5.78 Å². The highest BCUT2D eigenvalue weighted by Crippen LogP contribution is 2.28. The summed E-state index contributed by atoms with van der Waals surface area (Å²) in [6.07, 6.45) is 0.978. The van der Waals surface area contributed by atoms with Crippen molar-refractivity contribution >= 4 is 5.78 Å². The third-order valence-corrected chi connectivity index (χ3v) is 3.35. The Balaban J connectivity index is 2.13. The van der Waals surface area contributed by atoms with Gasteiger partial charge in [0.2, 0.25) is 0 Å². The number of likely N-dealkylation sites (tertiary alicyclic amines) is 1. The number of hydrogen-bond acceptors (Lipinski definition) is 2. The van der Waals surface area contributed by atoms with Gasteiger partial charge in [-0.2, -0.15) is 0 Å². The van der Waals surface area contributed by atoms with Gasteiger partial charge in [-0.1, -0.05) is 18.2 Å². The summed E-state index contributed by atoms with van der Waals surface area (Å²) < 4.78 is 14.5. The minimum atomic E-state index is -1.13. The highest BCUT2D eigenvalue weighted by molar-refractivity contribution is 5.94. The lowest BCUT2D eigenvalue weighted by atomic mass is 9.94. The van der Waals surface area contributed by atoms with E-state index < -0.39 is 5.67 Å². The van der Waals surface area contributed by atoms with Crippen LogP contribution in [0.4, 0.5) is 4.39 Å². The second kappa shape index (κ2) is 4.57. The molecule has 0 saturated carbocycles. The summed E-state index contributed by atoms with van der Waals surface area (Å²) in [4.78, 5) is 13.3. The monoisotopic (exact) mass is 235 g/mol. The Morgan fingerprint density at radius 2 is 2.29 bits per heavy atom. The van der Waals surface area contributed by atoms with E-state index in [0.717, 1.165) is 12.1 Å². The van der Waals surface area contributed by atoms with Gasteiger partial charge in [0.1, 0.15) is 5.67 Å². The number of rotatable bonds is 3. The molecule has 1 saturated heterocycles. The standard InChI is InChI=1S/C14H18FNO/c1-11(17)13-5-3-4-12(8-13)9-14(15)6-7-16(2)10-14/h3-5,8H,6-7,9-10H2,1-2H3. The van der Waals surface area contributed by atoms with Gasteiger partial charge in [-0.05, 0) is 32.0 Å². The van der Waals surface area contributed by atoms with Gasteiger partial charge in [-0.3, -0.25) is 4.79 Å². The smallest absolute Gasteiger partial charge is 0.159 e. The van der Waals surface area contributed by atoms with Crippen molar-refractivity contribution in [1.29, 1.82) is 0 Å². The van der Waals surface area contributed by atoms with Crippen molar-refractivity contribution in [3.05, 3.63) is 35.4 Å². The van der Waals surface area contributed by atoms with Crippen LogP contribution in [0.1, 0.15) is 29.3 Å². The van der Waals surface area contributed by atoms with Crippen LogP contribution in [0.25, 0.3) is 0 Å². The van der Waals surface area contributed by atoms with E-state index in [1.807, 2.05) is 30.1 Å². The number of carbonyl (C=O) groups is 1. The van der Waals surface area contributed by atoms with E-state index in [0.29, 0.717) is 24.9 Å². The molecule has 1 aromatic carbocycles. The molecule has 0 aliphatic carbocycles. The number of hydrogen-bond donors (Lipinski definition) is 0. The van der Waals surface area contributed by atoms with Crippen LogP contribution < -0.4 is 0 Å². The molecular weight excluding hydrogens is 217 g/mol. The van der Waals surface area contributed by atoms with E-state index in [2.05, 4.69) is 0 Å². The summed E-state index contributed by atoms with van der Waals surface area (Å²) in [5.74, 6) is 0.0308. The molecule has 1 heterocycles. The molecule has 0 aromatic heterocycles. The van der Waals surface area contributed by atoms with E-state index in [4.69, 9.17) is 0 Å². The van der Waals surface area contributed by atoms with E-state index in [1.165, 1.54) is 6.92 Å². The van der Waals surface area contributed by atoms with Crippen LogP contribution in [-0.2, 0) is 6.42 Å². The second-order valence-electron chi connectivity index (χ2n) is 5.07. The van der Waals surface area contributed by atoms with Gasteiger partial charge < -0.3 is 4.90 Å². The molecule has 17 heavy (non-hydrogen) atoms. The molecule has 92 valence electrons. The Hall–Kier alpha value is -1.22. The fourth-order valence-corrected chi connectivity index (χ4v) is 2.44. The zero-order chi connectivity index (χ0) is 12.5. The maximum Gasteiger partial charge on any atom is 0.159 e. The normalized spacial score (nSPS) is 25.1. The van der Waals surface area contributed by atoms with Crippen LogP contribution >= 0.6 is 0 Å². The molecule has 0 N–H and O–H groups in total. The summed E-state index contributed by atoms with van der Waals surface area (Å²) in [5.41, 5.74) is 0.442. The fraction of sp³-hybridized carbons (Fsp3) is 0.500. The van der Waals surface area contributed by atoms with Crippen molar-refractivity contribution < 1.29 is 9.18 Å². The average Bonchev–Trinajstić information content (AvgIpc) is 2.58. The third kappa shape index (κ3) is 2.91. The van der Waals surface area contributed by atoms with Gasteiger partial charge in [0.25, 0.3) is 0 Å². The molecule has 0 bridgehead atoms. The van der Waals surface area contributed by atoms with E-state index in [1.54, 1.807) is 6.07 Å². The molecule has 0 amide bonds. The number of benzene rings is 1. The van der Waals surface area contributed by atoms with Crippen molar-refractivity contribution in [2.24, 2.45) is 0 Å². The molecule has 0 spiro atoms. The van der Waals surface area contributed by atoms with Crippen molar-refractivity contribution in [3.8, 4) is 0 Å². The Kier molecular flexibility index (Phi) is 3.29. The van der Waals surface area contributed by atoms with Crippen LogP contribution in [0.15, 0.2) is 24.3 Å². The van der Waals surface area contributed by atoms with Gasteiger partial charge in [0, 0.05) is 25.1 Å². The number of carbonyl (C=O) groups excluding carboxylic acids is 1. The Morgan fingerprint density at radius 1 is 1.53 bits per heavy atom. The SMILES string of the molecule is CC(=O)c1cccc(CC2(F)CCN(C)C2)c1. The van der Waals surface area contributed by atoms with Crippen molar-refractivity contribution in [3.63, 3.8) is 0 Å². The Labute approximate surface area is 101 Å². The Morgan fingerprint density at radius 3 is 2.88 bits per heavy atom. The zero-order valence-electron chi connectivity index (χ0n) is 10.4. The summed E-state index contributed by atoms with van der Waals surface area (Å²) in [5, 5.41) is 0. The number of Topliss-reactive ketones (excluding diaryl/α,β-unsaturated/α-hetero) is 1. The summed E-state index contributed by atoms with van der Waals surface area (Å²) in [7, 11) is 1.94. The maximum atomic E-state index is 14.5. The minimum absolute atomic E-state index is 0.0308. The van der Waals surface area contributed by atoms with E-state index >= 15 is 0 Å². The number of alkyl halides is 1. The molecule has 2 rings (SSSR count). The summed E-state index contributed by atoms with van der Waals surface area (Å²) >= 11 is 0. The molecule has 3 heteroatoms. The molecule has 2 nitrogen and oxygen atoms in total. The summed E-state index contributed by atoms with van der Waals surface area (Å²) in [6.45, 7) is 2.83. The molecule has 1 aliphatic heterocycles.